The molecule has 0 fully saturated rings. The van der Waals surface area contributed by atoms with Crippen LogP contribution in [-0.4, -0.2) is 36.5 Å². The van der Waals surface area contributed by atoms with E-state index in [2.05, 4.69) is 20.6 Å². The molecule has 0 radical (unpaired) electrons. The van der Waals surface area contributed by atoms with Gasteiger partial charge in [0.05, 0.1) is 6.54 Å². The molecular formula is C19H19FN6O2. The molecule has 3 aromatic rings. The highest BCUT2D eigenvalue weighted by molar-refractivity contribution is 5.92. The smallest absolute Gasteiger partial charge is 0.346 e. The zero-order chi connectivity index (χ0) is 19.5. The van der Waals surface area contributed by atoms with Crippen molar-refractivity contribution < 1.29 is 9.18 Å². The third-order valence-electron chi connectivity index (χ3n) is 4.80. The predicted octanol–water partition coefficient (Wildman–Crippen LogP) is 1.16. The Hall–Kier alpha value is -3.36. The number of carbonyl (C=O) groups excluding carboxylic acids is 1. The Morgan fingerprint density at radius 2 is 2.04 bits per heavy atom. The summed E-state index contributed by atoms with van der Waals surface area (Å²) in [5, 5.41) is 14.9. The number of hydrogen-bond donors (Lipinski definition) is 1. The number of aromatic nitrogens is 5. The average Bonchev–Trinajstić information content (AvgIpc) is 2.87. The number of nitrogens with one attached hydrogen (secondary N) is 1. The highest BCUT2D eigenvalue weighted by Gasteiger charge is 2.22. The van der Waals surface area contributed by atoms with Crippen LogP contribution in [0.3, 0.4) is 0 Å². The molecule has 1 amide bonds. The molecule has 1 unspecified atom stereocenters. The van der Waals surface area contributed by atoms with Crippen LogP contribution in [-0.2, 0) is 19.5 Å². The van der Waals surface area contributed by atoms with Crippen LogP contribution in [0.15, 0.2) is 47.4 Å². The van der Waals surface area contributed by atoms with Crippen LogP contribution in [0.5, 0.6) is 0 Å². The standard InChI is InChI=1S/C19H19FN6O2/c20-14-5-3-13(4-6-14)12-26-19(28)25-11-9-15(7-8-17(25)24-26)22-18(27)16-2-1-10-21-23-16/h1-6,10,15H,7-9,11-12H2,(H,22,27). The zero-order valence-electron chi connectivity index (χ0n) is 15.1. The molecule has 0 saturated heterocycles. The molecule has 144 valence electrons. The first kappa shape index (κ1) is 18.0. The third kappa shape index (κ3) is 3.83. The maximum Gasteiger partial charge on any atom is 0.346 e. The maximum absolute atomic E-state index is 13.0. The second-order valence-electron chi connectivity index (χ2n) is 6.74. The average molecular weight is 382 g/mol. The van der Waals surface area contributed by atoms with Gasteiger partial charge in [0.1, 0.15) is 11.6 Å². The fraction of sp³-hybridized carbons (Fsp3) is 0.316. The number of amides is 1. The van der Waals surface area contributed by atoms with Gasteiger partial charge in [-0.3, -0.25) is 9.36 Å². The van der Waals surface area contributed by atoms with E-state index in [4.69, 9.17) is 0 Å². The van der Waals surface area contributed by atoms with Gasteiger partial charge in [-0.1, -0.05) is 12.1 Å². The lowest BCUT2D eigenvalue weighted by molar-refractivity contribution is 0.0926. The van der Waals surface area contributed by atoms with Crippen LogP contribution in [0, 0.1) is 5.82 Å². The summed E-state index contributed by atoms with van der Waals surface area (Å²) in [6, 6.07) is 9.22. The van der Waals surface area contributed by atoms with Crippen LogP contribution in [0.4, 0.5) is 4.39 Å². The molecule has 8 nitrogen and oxygen atoms in total. The molecule has 1 N–H and O–H groups in total. The van der Waals surface area contributed by atoms with Crippen molar-refractivity contribution in [3.8, 4) is 0 Å². The minimum atomic E-state index is -0.314. The van der Waals surface area contributed by atoms with E-state index in [1.807, 2.05) is 0 Å². The summed E-state index contributed by atoms with van der Waals surface area (Å²) in [5.41, 5.74) is 0.886. The van der Waals surface area contributed by atoms with E-state index >= 15 is 0 Å². The van der Waals surface area contributed by atoms with Crippen molar-refractivity contribution in [3.63, 3.8) is 0 Å². The maximum atomic E-state index is 13.0. The minimum absolute atomic E-state index is 0.0684. The van der Waals surface area contributed by atoms with Crippen LogP contribution < -0.4 is 11.0 Å². The number of fused-ring (bicyclic) bond motifs is 1. The lowest BCUT2D eigenvalue weighted by Crippen LogP contribution is -2.36. The Balaban J connectivity index is 1.43. The number of halogens is 1. The quantitative estimate of drug-likeness (QED) is 0.731. The summed E-state index contributed by atoms with van der Waals surface area (Å²) in [7, 11) is 0. The summed E-state index contributed by atoms with van der Waals surface area (Å²) in [6.45, 7) is 0.773. The Kier molecular flexibility index (Phi) is 4.96. The van der Waals surface area contributed by atoms with Crippen molar-refractivity contribution in [2.24, 2.45) is 0 Å². The summed E-state index contributed by atoms with van der Waals surface area (Å²) in [5.74, 6) is 0.112. The largest absolute Gasteiger partial charge is 0.348 e. The van der Waals surface area contributed by atoms with Gasteiger partial charge in [-0.15, -0.1) is 5.10 Å². The van der Waals surface area contributed by atoms with E-state index in [0.717, 1.165) is 5.56 Å². The van der Waals surface area contributed by atoms with E-state index < -0.39 is 0 Å². The van der Waals surface area contributed by atoms with Crippen molar-refractivity contribution in [1.82, 2.24) is 29.9 Å². The zero-order valence-corrected chi connectivity index (χ0v) is 15.1. The van der Waals surface area contributed by atoms with Gasteiger partial charge in [-0.2, -0.15) is 10.2 Å². The third-order valence-corrected chi connectivity index (χ3v) is 4.80. The molecule has 9 heteroatoms. The van der Waals surface area contributed by atoms with Gasteiger partial charge in [0.25, 0.3) is 5.91 Å². The van der Waals surface area contributed by atoms with Gasteiger partial charge < -0.3 is 5.32 Å². The van der Waals surface area contributed by atoms with Gasteiger partial charge in [0.15, 0.2) is 5.69 Å². The molecule has 2 aromatic heterocycles. The minimum Gasteiger partial charge on any atom is -0.348 e. The molecule has 3 heterocycles. The van der Waals surface area contributed by atoms with Crippen molar-refractivity contribution in [2.45, 2.75) is 38.4 Å². The van der Waals surface area contributed by atoms with Crippen LogP contribution in [0.1, 0.15) is 34.7 Å². The van der Waals surface area contributed by atoms with Gasteiger partial charge in [-0.05, 0) is 42.7 Å². The molecule has 0 aliphatic carbocycles. The van der Waals surface area contributed by atoms with Crippen molar-refractivity contribution in [1.29, 1.82) is 0 Å². The molecule has 0 bridgehead atoms. The van der Waals surface area contributed by atoms with E-state index in [1.165, 1.54) is 23.0 Å². The molecule has 0 saturated carbocycles. The molecule has 1 aromatic carbocycles. The highest BCUT2D eigenvalue weighted by Crippen LogP contribution is 2.13. The first-order valence-corrected chi connectivity index (χ1v) is 9.09. The molecular weight excluding hydrogens is 363 g/mol. The Bertz CT molecular complexity index is 1030. The number of rotatable bonds is 4. The van der Waals surface area contributed by atoms with Gasteiger partial charge in [-0.25, -0.2) is 13.9 Å². The van der Waals surface area contributed by atoms with Crippen LogP contribution >= 0.6 is 0 Å². The first-order chi connectivity index (χ1) is 13.6. The van der Waals surface area contributed by atoms with Crippen molar-refractivity contribution in [3.05, 3.63) is 76.0 Å². The fourth-order valence-electron chi connectivity index (χ4n) is 3.32. The number of benzene rings is 1. The lowest BCUT2D eigenvalue weighted by Gasteiger charge is -2.15. The molecule has 28 heavy (non-hydrogen) atoms. The predicted molar refractivity (Wildman–Crippen MR) is 98.2 cm³/mol. The second kappa shape index (κ2) is 7.71. The van der Waals surface area contributed by atoms with Crippen LogP contribution in [0.2, 0.25) is 0 Å². The molecule has 1 aliphatic heterocycles. The van der Waals surface area contributed by atoms with Crippen molar-refractivity contribution in [2.75, 3.05) is 0 Å². The lowest BCUT2D eigenvalue weighted by atomic mass is 10.1. The van der Waals surface area contributed by atoms with E-state index in [9.17, 15) is 14.0 Å². The number of hydrogen-bond acceptors (Lipinski definition) is 5. The molecule has 4 rings (SSSR count). The van der Waals surface area contributed by atoms with Crippen molar-refractivity contribution >= 4 is 5.91 Å². The van der Waals surface area contributed by atoms with E-state index in [1.54, 1.807) is 28.8 Å². The summed E-state index contributed by atoms with van der Waals surface area (Å²) >= 11 is 0. The van der Waals surface area contributed by atoms with Crippen LogP contribution in [0.25, 0.3) is 0 Å². The monoisotopic (exact) mass is 382 g/mol. The Labute approximate surface area is 160 Å². The topological polar surface area (TPSA) is 94.7 Å². The summed E-state index contributed by atoms with van der Waals surface area (Å²) < 4.78 is 16.1. The first-order valence-electron chi connectivity index (χ1n) is 9.09. The Morgan fingerprint density at radius 3 is 2.79 bits per heavy atom. The molecule has 1 aliphatic rings. The van der Waals surface area contributed by atoms with Gasteiger partial charge >= 0.3 is 5.69 Å². The second-order valence-corrected chi connectivity index (χ2v) is 6.74. The fourth-order valence-corrected chi connectivity index (χ4v) is 3.32. The number of nitrogens with zero attached hydrogens (tertiary/aromatic N) is 5. The van der Waals surface area contributed by atoms with Gasteiger partial charge in [0.2, 0.25) is 0 Å². The highest BCUT2D eigenvalue weighted by atomic mass is 19.1. The van der Waals surface area contributed by atoms with Gasteiger partial charge in [0, 0.05) is 25.2 Å². The normalized spacial score (nSPS) is 16.2. The number of aryl methyl sites for hydroxylation is 1. The molecule has 1 atom stereocenters. The summed E-state index contributed by atoms with van der Waals surface area (Å²) in [4.78, 5) is 24.9. The molecule has 0 spiro atoms. The SMILES string of the molecule is O=C(NC1CCc2nn(Cc3ccc(F)cc3)c(=O)n2CC1)c1cccnn1. The van der Waals surface area contributed by atoms with E-state index in [0.29, 0.717) is 38.2 Å². The number of carbonyl (C=O) groups is 1. The summed E-state index contributed by atoms with van der Waals surface area (Å²) in [6.07, 6.45) is 3.40. The van der Waals surface area contributed by atoms with E-state index in [-0.39, 0.29) is 29.1 Å². The Morgan fingerprint density at radius 1 is 1.21 bits per heavy atom.